The van der Waals surface area contributed by atoms with Crippen LogP contribution in [0.25, 0.3) is 0 Å². The second kappa shape index (κ2) is 8.00. The fourth-order valence-corrected chi connectivity index (χ4v) is 6.98. The zero-order valence-electron chi connectivity index (χ0n) is 20.8. The van der Waals surface area contributed by atoms with Crippen molar-refractivity contribution in [1.29, 1.82) is 0 Å². The van der Waals surface area contributed by atoms with E-state index in [0.717, 1.165) is 6.42 Å². The van der Waals surface area contributed by atoms with Gasteiger partial charge >= 0.3 is 17.9 Å². The number of allylic oxidation sites excluding steroid dienone is 3. The number of rotatable bonds is 0. The minimum absolute atomic E-state index is 0.0974. The number of cyclic esters (lactones) is 2. The van der Waals surface area contributed by atoms with Gasteiger partial charge in [0.2, 0.25) is 0 Å². The molecule has 2 spiro atoms. The average molecular weight is 501 g/mol. The van der Waals surface area contributed by atoms with Crippen LogP contribution in [0.2, 0.25) is 0 Å². The summed E-state index contributed by atoms with van der Waals surface area (Å²) in [6.07, 6.45) is 8.23. The van der Waals surface area contributed by atoms with Crippen LogP contribution in [0, 0.1) is 10.8 Å². The second-order valence-corrected chi connectivity index (χ2v) is 11.3. The van der Waals surface area contributed by atoms with Crippen molar-refractivity contribution in [2.45, 2.75) is 82.1 Å². The van der Waals surface area contributed by atoms with Crippen LogP contribution in [0.1, 0.15) is 46.5 Å². The van der Waals surface area contributed by atoms with Gasteiger partial charge in [0.05, 0.1) is 30.8 Å². The van der Waals surface area contributed by atoms with Crippen LogP contribution in [-0.4, -0.2) is 73.3 Å². The number of hydrogen-bond donors (Lipinski definition) is 0. The lowest BCUT2D eigenvalue weighted by Gasteiger charge is -2.58. The minimum atomic E-state index is -0.739. The largest absolute Gasteiger partial charge is 0.463 e. The third kappa shape index (κ3) is 3.35. The van der Waals surface area contributed by atoms with E-state index in [1.54, 1.807) is 0 Å². The quantitative estimate of drug-likeness (QED) is 0.214. The van der Waals surface area contributed by atoms with Gasteiger partial charge in [-0.15, -0.1) is 0 Å². The van der Waals surface area contributed by atoms with Gasteiger partial charge in [0.25, 0.3) is 0 Å². The maximum atomic E-state index is 13.1. The average Bonchev–Trinajstić information content (AvgIpc) is 3.74. The van der Waals surface area contributed by atoms with Gasteiger partial charge in [-0.2, -0.15) is 0 Å². The third-order valence-electron chi connectivity index (χ3n) is 9.47. The van der Waals surface area contributed by atoms with Crippen molar-refractivity contribution in [3.05, 3.63) is 36.0 Å². The predicted molar refractivity (Wildman–Crippen MR) is 123 cm³/mol. The van der Waals surface area contributed by atoms with Gasteiger partial charge in [0.15, 0.2) is 6.10 Å². The van der Waals surface area contributed by atoms with Crippen molar-refractivity contribution in [1.82, 2.24) is 0 Å². The van der Waals surface area contributed by atoms with Gasteiger partial charge in [-0.25, -0.2) is 14.4 Å². The fraction of sp³-hybridized carbons (Fsp3) is 0.667. The Morgan fingerprint density at radius 1 is 0.944 bits per heavy atom. The highest BCUT2D eigenvalue weighted by Crippen LogP contribution is 2.72. The van der Waals surface area contributed by atoms with Crippen LogP contribution in [0.5, 0.6) is 0 Å². The summed E-state index contributed by atoms with van der Waals surface area (Å²) in [6.45, 7) is 6.71. The Bertz CT molecular complexity index is 1090. The summed E-state index contributed by atoms with van der Waals surface area (Å²) >= 11 is 0. The number of carbonyl (C=O) groups is 3. The van der Waals surface area contributed by atoms with Gasteiger partial charge in [-0.05, 0) is 26.7 Å². The first-order valence-electron chi connectivity index (χ1n) is 12.7. The Morgan fingerprint density at radius 2 is 1.69 bits per heavy atom. The number of esters is 3. The molecule has 8 atom stereocenters. The molecule has 36 heavy (non-hydrogen) atoms. The molecule has 194 valence electrons. The second-order valence-electron chi connectivity index (χ2n) is 11.3. The van der Waals surface area contributed by atoms with Crippen molar-refractivity contribution in [3.63, 3.8) is 0 Å². The Labute approximate surface area is 209 Å². The van der Waals surface area contributed by atoms with E-state index in [-0.39, 0.29) is 25.4 Å². The van der Waals surface area contributed by atoms with Crippen LogP contribution in [-0.2, 0) is 42.8 Å². The molecule has 6 rings (SSSR count). The molecular formula is C27H32O9. The molecular weight excluding hydrogens is 468 g/mol. The first kappa shape index (κ1) is 23.9. The maximum absolute atomic E-state index is 13.1. The van der Waals surface area contributed by atoms with Gasteiger partial charge in [0, 0.05) is 30.4 Å². The highest BCUT2D eigenvalue weighted by atomic mass is 16.7. The van der Waals surface area contributed by atoms with Gasteiger partial charge in [-0.1, -0.05) is 30.7 Å². The lowest BCUT2D eigenvalue weighted by atomic mass is 9.51. The first-order valence-corrected chi connectivity index (χ1v) is 12.7. The summed E-state index contributed by atoms with van der Waals surface area (Å²) in [5, 5.41) is 0. The highest BCUT2D eigenvalue weighted by Gasteiger charge is 2.83. The molecule has 8 unspecified atom stereocenters. The molecule has 6 aliphatic rings. The summed E-state index contributed by atoms with van der Waals surface area (Å²) in [4.78, 5) is 37.8. The fourth-order valence-electron chi connectivity index (χ4n) is 6.98. The van der Waals surface area contributed by atoms with Crippen LogP contribution >= 0.6 is 0 Å². The van der Waals surface area contributed by atoms with E-state index in [9.17, 15) is 14.4 Å². The summed E-state index contributed by atoms with van der Waals surface area (Å²) in [5.74, 6) is -1.51. The minimum Gasteiger partial charge on any atom is -0.463 e. The van der Waals surface area contributed by atoms with Crippen molar-refractivity contribution in [2.24, 2.45) is 10.8 Å². The lowest BCUT2D eigenvalue weighted by Crippen LogP contribution is -2.66. The van der Waals surface area contributed by atoms with Crippen molar-refractivity contribution in [2.75, 3.05) is 19.8 Å². The van der Waals surface area contributed by atoms with Gasteiger partial charge in [0.1, 0.15) is 23.9 Å². The molecule has 9 nitrogen and oxygen atoms in total. The molecule has 4 heterocycles. The molecule has 0 aromatic rings. The van der Waals surface area contributed by atoms with Gasteiger partial charge in [-0.3, -0.25) is 0 Å². The van der Waals surface area contributed by atoms with Crippen LogP contribution in [0.15, 0.2) is 36.0 Å². The number of fused-ring (bicyclic) bond motifs is 1. The van der Waals surface area contributed by atoms with E-state index >= 15 is 0 Å². The number of ether oxygens (including phenoxy) is 6. The van der Waals surface area contributed by atoms with Crippen LogP contribution in [0.3, 0.4) is 0 Å². The van der Waals surface area contributed by atoms with E-state index < -0.39 is 52.1 Å². The predicted octanol–water partition coefficient (Wildman–Crippen LogP) is 2.33. The summed E-state index contributed by atoms with van der Waals surface area (Å²) in [7, 11) is 0. The maximum Gasteiger partial charge on any atom is 0.338 e. The normalized spacial score (nSPS) is 49.8. The summed E-state index contributed by atoms with van der Waals surface area (Å²) in [6, 6.07) is 0. The summed E-state index contributed by atoms with van der Waals surface area (Å²) < 4.78 is 35.6. The monoisotopic (exact) mass is 500 g/mol. The standard InChI is InChI=1S/C27H32O9/c1-16-8-9-26-14-32-23(30)22-24(2,36-22)10-11-31-20(28)6-4-5-7-21(29)35-17-13-19(34-18(26)12-16)27(15-33-27)25(17,26)3/h4-7,12,17-19,22H,8-11,13-15H2,1-3H3/b6-4-,7-5-. The first-order chi connectivity index (χ1) is 17.1. The van der Waals surface area contributed by atoms with Crippen molar-refractivity contribution >= 4 is 17.9 Å². The van der Waals surface area contributed by atoms with E-state index in [1.807, 2.05) is 6.92 Å². The van der Waals surface area contributed by atoms with Crippen LogP contribution < -0.4 is 0 Å². The molecule has 0 amide bonds. The topological polar surface area (TPSA) is 113 Å². The molecule has 2 bridgehead atoms. The summed E-state index contributed by atoms with van der Waals surface area (Å²) in [5.41, 5.74) is -1.36. The van der Waals surface area contributed by atoms with Crippen LogP contribution in [0.4, 0.5) is 0 Å². The molecule has 2 aliphatic carbocycles. The zero-order chi connectivity index (χ0) is 25.3. The third-order valence-corrected chi connectivity index (χ3v) is 9.47. The van der Waals surface area contributed by atoms with E-state index in [0.29, 0.717) is 25.9 Å². The molecule has 0 aromatic carbocycles. The molecule has 4 fully saturated rings. The van der Waals surface area contributed by atoms with Gasteiger partial charge < -0.3 is 28.4 Å². The van der Waals surface area contributed by atoms with Crippen molar-refractivity contribution < 1.29 is 42.8 Å². The van der Waals surface area contributed by atoms with E-state index in [1.165, 1.54) is 29.9 Å². The Hall–Kier alpha value is -2.49. The zero-order valence-corrected chi connectivity index (χ0v) is 20.8. The number of hydrogen-bond acceptors (Lipinski definition) is 9. The number of carbonyl (C=O) groups excluding carboxylic acids is 3. The smallest absolute Gasteiger partial charge is 0.338 e. The Morgan fingerprint density at radius 3 is 2.44 bits per heavy atom. The molecule has 1 saturated carbocycles. The molecule has 0 N–H and O–H groups in total. The Kier molecular flexibility index (Phi) is 5.31. The number of epoxide rings is 2. The molecule has 0 aromatic heterocycles. The van der Waals surface area contributed by atoms with E-state index in [2.05, 4.69) is 19.9 Å². The molecule has 4 aliphatic heterocycles. The van der Waals surface area contributed by atoms with Crippen molar-refractivity contribution in [3.8, 4) is 0 Å². The highest BCUT2D eigenvalue weighted by molar-refractivity contribution is 5.84. The Balaban J connectivity index is 1.37. The van der Waals surface area contributed by atoms with E-state index in [4.69, 9.17) is 28.4 Å². The molecule has 3 saturated heterocycles. The molecule has 0 radical (unpaired) electrons. The molecule has 9 heteroatoms. The SMILES string of the molecule is CC1=CC2OC3CC4OC(=O)/C=C\C=C/C(=O)OCCC5(C)OC5C(=O)OCC2(CC1)C4(C)C31CO1. The lowest BCUT2D eigenvalue weighted by molar-refractivity contribution is -0.233.